The molecule has 3 aromatic rings. The van der Waals surface area contributed by atoms with Gasteiger partial charge in [-0.05, 0) is 43.0 Å². The van der Waals surface area contributed by atoms with Crippen LogP contribution in [0.15, 0.2) is 53.5 Å². The zero-order chi connectivity index (χ0) is 29.8. The molecule has 0 radical (unpaired) electrons. The fourth-order valence-corrected chi connectivity index (χ4v) is 3.62. The molecule has 0 aliphatic carbocycles. The van der Waals surface area contributed by atoms with E-state index in [-0.39, 0.29) is 41.9 Å². The number of allylic oxidation sites excluding steroid dienone is 1. The van der Waals surface area contributed by atoms with Gasteiger partial charge < -0.3 is 35.3 Å². The molecule has 1 unspecified atom stereocenters. The summed E-state index contributed by atoms with van der Waals surface area (Å²) in [5.41, 5.74) is 6.51. The van der Waals surface area contributed by atoms with Gasteiger partial charge in [0.25, 0.3) is 5.56 Å². The first kappa shape index (κ1) is 31.8. The number of likely N-dealkylation sites (N-methyl/N-ethyl adjacent to an activating group) is 1. The van der Waals surface area contributed by atoms with Crippen LogP contribution in [0.4, 0.5) is 10.5 Å². The van der Waals surface area contributed by atoms with Gasteiger partial charge in [0.1, 0.15) is 11.5 Å². The number of aromatic nitrogens is 3. The van der Waals surface area contributed by atoms with Gasteiger partial charge in [0.15, 0.2) is 0 Å². The second-order valence-electron chi connectivity index (χ2n) is 9.57. The monoisotopic (exact) mass is 554 g/mol. The number of rotatable bonds is 10. The molecule has 3 rings (SSSR count). The number of carbonyl (C=O) groups excluding carboxylic acids is 3. The van der Waals surface area contributed by atoms with Crippen molar-refractivity contribution in [3.63, 3.8) is 0 Å². The summed E-state index contributed by atoms with van der Waals surface area (Å²) in [6.45, 7) is 4.08. The van der Waals surface area contributed by atoms with E-state index in [1.165, 1.54) is 22.7 Å². The molecule has 0 spiro atoms. The van der Waals surface area contributed by atoms with Crippen LogP contribution in [0.25, 0.3) is 11.0 Å². The molecule has 0 saturated carbocycles. The van der Waals surface area contributed by atoms with Crippen molar-refractivity contribution >= 4 is 34.6 Å². The van der Waals surface area contributed by atoms with E-state index in [1.54, 1.807) is 38.5 Å². The molecular formula is C28H38N6O6. The molecular weight excluding hydrogens is 516 g/mol. The number of unbranched alkanes of at least 4 members (excludes halogenated alkanes) is 1. The maximum Gasteiger partial charge on any atom is 0.404 e. The lowest BCUT2D eigenvalue weighted by atomic mass is 9.98. The number of ether oxygens (including phenoxy) is 1. The summed E-state index contributed by atoms with van der Waals surface area (Å²) in [7, 11) is 4.58. The van der Waals surface area contributed by atoms with Crippen LogP contribution in [0.5, 0.6) is 0 Å². The highest BCUT2D eigenvalue weighted by Crippen LogP contribution is 2.27. The number of primary amides is 1. The van der Waals surface area contributed by atoms with E-state index in [2.05, 4.69) is 25.8 Å². The molecule has 0 saturated heterocycles. The fraction of sp³-hybridized carbons (Fsp3) is 0.393. The van der Waals surface area contributed by atoms with E-state index in [0.717, 1.165) is 11.1 Å². The molecule has 216 valence electrons. The molecule has 0 aliphatic rings. The molecule has 12 heteroatoms. The van der Waals surface area contributed by atoms with E-state index in [1.807, 2.05) is 32.0 Å². The summed E-state index contributed by atoms with van der Waals surface area (Å²) in [6, 6.07) is 8.87. The van der Waals surface area contributed by atoms with Crippen LogP contribution in [-0.4, -0.2) is 63.7 Å². The first-order valence-electron chi connectivity index (χ1n) is 12.8. The Kier molecular flexibility index (Phi) is 12.1. The standard InChI is InChI=1S/C26H33N5O4.C2H5NO2/c1-17(2)25(34)18-10-8-11-19-24(18)29-21(27-19)16-31-15-9-12-20(26(31)35)28-22(32)13-6-5-7-14-23(33)30(3)4;1-5-2(3)4/h7-12,14-15,17,25,34H,5-6,13,16H2,1-4H3,(H,27,29)(H,28,32);1H3,(H2,3,4)/b14-7+;. The summed E-state index contributed by atoms with van der Waals surface area (Å²) in [6.07, 6.45) is 4.87. The first-order valence-corrected chi connectivity index (χ1v) is 12.8. The van der Waals surface area contributed by atoms with Crippen LogP contribution in [0, 0.1) is 5.92 Å². The molecule has 5 N–H and O–H groups in total. The minimum Gasteiger partial charge on any atom is -0.453 e. The third-order valence-corrected chi connectivity index (χ3v) is 5.83. The van der Waals surface area contributed by atoms with Crippen LogP contribution < -0.4 is 16.6 Å². The topological polar surface area (TPSA) is 173 Å². The van der Waals surface area contributed by atoms with Crippen molar-refractivity contribution < 1.29 is 24.2 Å². The number of H-pyrrole nitrogens is 1. The van der Waals surface area contributed by atoms with E-state index in [9.17, 15) is 24.3 Å². The quantitative estimate of drug-likeness (QED) is 0.220. The third-order valence-electron chi connectivity index (χ3n) is 5.83. The van der Waals surface area contributed by atoms with Gasteiger partial charge in [-0.3, -0.25) is 14.4 Å². The molecule has 0 bridgehead atoms. The number of aliphatic hydroxyl groups excluding tert-OH is 1. The van der Waals surface area contributed by atoms with Gasteiger partial charge in [-0.25, -0.2) is 9.78 Å². The van der Waals surface area contributed by atoms with Gasteiger partial charge >= 0.3 is 6.09 Å². The van der Waals surface area contributed by atoms with Crippen molar-refractivity contribution in [1.29, 1.82) is 0 Å². The van der Waals surface area contributed by atoms with Crippen LogP contribution >= 0.6 is 0 Å². The fourth-order valence-electron chi connectivity index (χ4n) is 3.62. The van der Waals surface area contributed by atoms with Crippen molar-refractivity contribution in [3.8, 4) is 0 Å². The van der Waals surface area contributed by atoms with Crippen LogP contribution in [0.3, 0.4) is 0 Å². The van der Waals surface area contributed by atoms with Gasteiger partial charge in [0.05, 0.1) is 30.8 Å². The second-order valence-corrected chi connectivity index (χ2v) is 9.57. The second kappa shape index (κ2) is 15.2. The number of nitrogens with two attached hydrogens (primary N) is 1. The van der Waals surface area contributed by atoms with Gasteiger partial charge in [0, 0.05) is 32.3 Å². The maximum absolute atomic E-state index is 12.9. The van der Waals surface area contributed by atoms with Gasteiger partial charge in [-0.1, -0.05) is 32.1 Å². The van der Waals surface area contributed by atoms with Gasteiger partial charge in [-0.15, -0.1) is 0 Å². The number of pyridine rings is 1. The largest absolute Gasteiger partial charge is 0.453 e. The van der Waals surface area contributed by atoms with E-state index >= 15 is 0 Å². The number of aromatic amines is 1. The summed E-state index contributed by atoms with van der Waals surface area (Å²) in [5.74, 6) is 0.257. The molecule has 3 amide bonds. The van der Waals surface area contributed by atoms with E-state index < -0.39 is 12.2 Å². The number of amides is 3. The summed E-state index contributed by atoms with van der Waals surface area (Å²) < 4.78 is 5.36. The highest BCUT2D eigenvalue weighted by atomic mass is 16.5. The Hall–Kier alpha value is -4.45. The lowest BCUT2D eigenvalue weighted by Crippen LogP contribution is -2.26. The molecule has 1 atom stereocenters. The predicted octanol–water partition coefficient (Wildman–Crippen LogP) is 2.93. The predicted molar refractivity (Wildman–Crippen MR) is 153 cm³/mol. The normalized spacial score (nSPS) is 11.7. The molecule has 0 aliphatic heterocycles. The zero-order valence-electron chi connectivity index (χ0n) is 23.5. The van der Waals surface area contributed by atoms with Crippen molar-refractivity contribution in [2.45, 2.75) is 45.8 Å². The molecule has 40 heavy (non-hydrogen) atoms. The van der Waals surface area contributed by atoms with Crippen LogP contribution in [0.2, 0.25) is 0 Å². The average Bonchev–Trinajstić information content (AvgIpc) is 3.33. The lowest BCUT2D eigenvalue weighted by Gasteiger charge is -2.14. The number of anilines is 1. The summed E-state index contributed by atoms with van der Waals surface area (Å²) >= 11 is 0. The van der Waals surface area contributed by atoms with Crippen molar-refractivity contribution in [1.82, 2.24) is 19.4 Å². The summed E-state index contributed by atoms with van der Waals surface area (Å²) in [5, 5.41) is 13.2. The number of carbonyl (C=O) groups is 3. The van der Waals surface area contributed by atoms with Gasteiger partial charge in [-0.2, -0.15) is 0 Å². The smallest absolute Gasteiger partial charge is 0.404 e. The number of hydrogen-bond acceptors (Lipinski definition) is 7. The number of imidazole rings is 1. The lowest BCUT2D eigenvalue weighted by molar-refractivity contribution is -0.123. The van der Waals surface area contributed by atoms with Crippen LogP contribution in [-0.2, 0) is 20.9 Å². The number of fused-ring (bicyclic) bond motifs is 1. The number of nitrogens with one attached hydrogen (secondary N) is 2. The van der Waals surface area contributed by atoms with Crippen molar-refractivity contribution in [3.05, 3.63) is 70.4 Å². The molecule has 2 heterocycles. The molecule has 0 fully saturated rings. The molecule has 1 aromatic carbocycles. The van der Waals surface area contributed by atoms with E-state index in [4.69, 9.17) is 0 Å². The number of benzene rings is 1. The van der Waals surface area contributed by atoms with Gasteiger partial charge in [0.2, 0.25) is 11.8 Å². The molecule has 2 aromatic heterocycles. The maximum atomic E-state index is 12.9. The molecule has 12 nitrogen and oxygen atoms in total. The Bertz CT molecular complexity index is 1390. The Morgan fingerprint density at radius 3 is 2.55 bits per heavy atom. The SMILES string of the molecule is CC(C)C(O)c1cccc2[nH]c(Cn3cccc(NC(=O)CCC/C=C/C(=O)N(C)C)c3=O)nc12.COC(N)=O. The first-order chi connectivity index (χ1) is 18.9. The Labute approximate surface area is 232 Å². The minimum atomic E-state index is -0.745. The number of aliphatic hydroxyl groups is 1. The minimum absolute atomic E-state index is 0.0419. The summed E-state index contributed by atoms with van der Waals surface area (Å²) in [4.78, 5) is 55.4. The van der Waals surface area contributed by atoms with Crippen molar-refractivity contribution in [2.75, 3.05) is 26.5 Å². The highest BCUT2D eigenvalue weighted by molar-refractivity contribution is 5.90. The highest BCUT2D eigenvalue weighted by Gasteiger charge is 2.18. The number of hydrogen-bond donors (Lipinski definition) is 4. The Balaban J connectivity index is 0.00000103. The number of para-hydroxylation sites is 1. The third kappa shape index (κ3) is 9.38. The Morgan fingerprint density at radius 1 is 1.23 bits per heavy atom. The van der Waals surface area contributed by atoms with Crippen molar-refractivity contribution in [2.24, 2.45) is 11.7 Å². The average molecular weight is 555 g/mol. The number of nitrogens with zero attached hydrogens (tertiary/aromatic N) is 3. The zero-order valence-corrected chi connectivity index (χ0v) is 23.5. The van der Waals surface area contributed by atoms with Crippen LogP contribution in [0.1, 0.15) is 50.6 Å². The van der Waals surface area contributed by atoms with E-state index in [0.29, 0.717) is 24.2 Å². The Morgan fingerprint density at radius 2 is 1.93 bits per heavy atom. The number of methoxy groups -OCH3 is 1.